The molecular formula is C8H14O6. The van der Waals surface area contributed by atoms with Gasteiger partial charge < -0.3 is 24.4 Å². The largest absolute Gasteiger partial charge is 0.457 e. The molecule has 1 heterocycles. The van der Waals surface area contributed by atoms with E-state index in [4.69, 9.17) is 14.2 Å². The van der Waals surface area contributed by atoms with Gasteiger partial charge in [-0.2, -0.15) is 0 Å². The zero-order chi connectivity index (χ0) is 10.7. The topological polar surface area (TPSA) is 85.2 Å². The molecule has 0 saturated carbocycles. The summed E-state index contributed by atoms with van der Waals surface area (Å²) in [7, 11) is 1.36. The van der Waals surface area contributed by atoms with E-state index in [0.717, 1.165) is 0 Å². The first-order valence-electron chi connectivity index (χ1n) is 4.24. The Morgan fingerprint density at radius 3 is 2.64 bits per heavy atom. The summed E-state index contributed by atoms with van der Waals surface area (Å²) in [5.41, 5.74) is 0. The van der Waals surface area contributed by atoms with Gasteiger partial charge in [-0.05, 0) is 0 Å². The SMILES string of the molecule is COC1OCC(O)C(OC(C)=O)C1O. The van der Waals surface area contributed by atoms with Gasteiger partial charge in [-0.1, -0.05) is 0 Å². The average Bonchev–Trinajstić information content (AvgIpc) is 2.12. The molecule has 0 spiro atoms. The van der Waals surface area contributed by atoms with Crippen LogP contribution < -0.4 is 0 Å². The molecule has 0 aromatic carbocycles. The Morgan fingerprint density at radius 2 is 2.14 bits per heavy atom. The summed E-state index contributed by atoms with van der Waals surface area (Å²) in [5.74, 6) is -0.565. The predicted molar refractivity (Wildman–Crippen MR) is 44.3 cm³/mol. The normalized spacial score (nSPS) is 38.0. The van der Waals surface area contributed by atoms with Crippen molar-refractivity contribution in [3.63, 3.8) is 0 Å². The molecule has 1 aliphatic heterocycles. The first-order valence-corrected chi connectivity index (χ1v) is 4.24. The van der Waals surface area contributed by atoms with E-state index in [1.54, 1.807) is 0 Å². The second kappa shape index (κ2) is 4.70. The summed E-state index contributed by atoms with van der Waals surface area (Å²) in [6.45, 7) is 1.17. The number of aliphatic hydroxyl groups excluding tert-OH is 2. The number of hydrogen-bond acceptors (Lipinski definition) is 6. The Balaban J connectivity index is 2.63. The molecule has 2 N–H and O–H groups in total. The highest BCUT2D eigenvalue weighted by Crippen LogP contribution is 2.18. The number of carbonyl (C=O) groups is 1. The van der Waals surface area contributed by atoms with Crippen LogP contribution in [0.1, 0.15) is 6.92 Å². The van der Waals surface area contributed by atoms with Crippen LogP contribution >= 0.6 is 0 Å². The third-order valence-electron chi connectivity index (χ3n) is 1.96. The number of hydrogen-bond donors (Lipinski definition) is 2. The summed E-state index contributed by atoms with van der Waals surface area (Å²) in [5, 5.41) is 18.9. The van der Waals surface area contributed by atoms with Gasteiger partial charge in [-0.3, -0.25) is 4.79 Å². The number of aliphatic hydroxyl groups is 2. The molecule has 4 atom stereocenters. The fourth-order valence-corrected chi connectivity index (χ4v) is 1.32. The lowest BCUT2D eigenvalue weighted by Crippen LogP contribution is -2.55. The minimum Gasteiger partial charge on any atom is -0.457 e. The maximum atomic E-state index is 10.7. The lowest BCUT2D eigenvalue weighted by Gasteiger charge is -2.36. The lowest BCUT2D eigenvalue weighted by molar-refractivity contribution is -0.266. The molecule has 14 heavy (non-hydrogen) atoms. The number of methoxy groups -OCH3 is 1. The molecule has 0 aromatic rings. The average molecular weight is 206 g/mol. The van der Waals surface area contributed by atoms with Crippen LogP contribution in [-0.4, -0.2) is 54.5 Å². The van der Waals surface area contributed by atoms with Crippen LogP contribution in [0.5, 0.6) is 0 Å². The molecule has 0 amide bonds. The lowest BCUT2D eigenvalue weighted by atomic mass is 10.1. The Labute approximate surface area is 81.4 Å². The fraction of sp³-hybridized carbons (Fsp3) is 0.875. The van der Waals surface area contributed by atoms with Crippen LogP contribution in [0.2, 0.25) is 0 Å². The third kappa shape index (κ3) is 2.42. The van der Waals surface area contributed by atoms with Crippen molar-refractivity contribution in [1.82, 2.24) is 0 Å². The highest BCUT2D eigenvalue weighted by atomic mass is 16.7. The van der Waals surface area contributed by atoms with Crippen molar-refractivity contribution < 1.29 is 29.2 Å². The van der Waals surface area contributed by atoms with E-state index >= 15 is 0 Å². The number of rotatable bonds is 2. The van der Waals surface area contributed by atoms with E-state index < -0.39 is 30.6 Å². The van der Waals surface area contributed by atoms with E-state index in [1.165, 1.54) is 14.0 Å². The van der Waals surface area contributed by atoms with E-state index in [9.17, 15) is 15.0 Å². The zero-order valence-corrected chi connectivity index (χ0v) is 8.04. The molecule has 0 aliphatic carbocycles. The van der Waals surface area contributed by atoms with Crippen LogP contribution in [0.15, 0.2) is 0 Å². The molecule has 0 bridgehead atoms. The minimum atomic E-state index is -1.17. The molecule has 1 rings (SSSR count). The Kier molecular flexibility index (Phi) is 3.82. The second-order valence-corrected chi connectivity index (χ2v) is 3.07. The van der Waals surface area contributed by atoms with Crippen LogP contribution in [0.4, 0.5) is 0 Å². The maximum Gasteiger partial charge on any atom is 0.303 e. The number of ether oxygens (including phenoxy) is 3. The van der Waals surface area contributed by atoms with Gasteiger partial charge in [-0.25, -0.2) is 0 Å². The van der Waals surface area contributed by atoms with Crippen LogP contribution in [0, 0.1) is 0 Å². The van der Waals surface area contributed by atoms with Crippen molar-refractivity contribution in [2.75, 3.05) is 13.7 Å². The summed E-state index contributed by atoms with van der Waals surface area (Å²) in [4.78, 5) is 10.7. The monoisotopic (exact) mass is 206 g/mol. The fourth-order valence-electron chi connectivity index (χ4n) is 1.32. The molecule has 6 nitrogen and oxygen atoms in total. The Bertz CT molecular complexity index is 206. The van der Waals surface area contributed by atoms with Crippen molar-refractivity contribution in [3.05, 3.63) is 0 Å². The first kappa shape index (κ1) is 11.4. The second-order valence-electron chi connectivity index (χ2n) is 3.07. The van der Waals surface area contributed by atoms with Gasteiger partial charge in [0.2, 0.25) is 0 Å². The predicted octanol–water partition coefficient (Wildman–Crippen LogP) is -1.36. The van der Waals surface area contributed by atoms with Gasteiger partial charge in [0.25, 0.3) is 0 Å². The highest BCUT2D eigenvalue weighted by Gasteiger charge is 2.41. The Morgan fingerprint density at radius 1 is 1.50 bits per heavy atom. The van der Waals surface area contributed by atoms with Crippen molar-refractivity contribution in [2.24, 2.45) is 0 Å². The van der Waals surface area contributed by atoms with Crippen LogP contribution in [0.25, 0.3) is 0 Å². The molecule has 1 fully saturated rings. The zero-order valence-electron chi connectivity index (χ0n) is 8.04. The van der Waals surface area contributed by atoms with Crippen molar-refractivity contribution in [3.8, 4) is 0 Å². The number of carbonyl (C=O) groups excluding carboxylic acids is 1. The molecular weight excluding hydrogens is 192 g/mol. The molecule has 6 heteroatoms. The summed E-state index contributed by atoms with van der Waals surface area (Å²) in [6, 6.07) is 0. The van der Waals surface area contributed by atoms with E-state index in [2.05, 4.69) is 0 Å². The van der Waals surface area contributed by atoms with Crippen molar-refractivity contribution in [1.29, 1.82) is 0 Å². The smallest absolute Gasteiger partial charge is 0.303 e. The first-order chi connectivity index (χ1) is 6.56. The standard InChI is InChI=1S/C8H14O6/c1-4(9)14-7-5(10)3-13-8(12-2)6(7)11/h5-8,10-11H,3H2,1-2H3. The van der Waals surface area contributed by atoms with Gasteiger partial charge in [0.15, 0.2) is 12.4 Å². The molecule has 4 unspecified atom stereocenters. The Hall–Kier alpha value is -0.690. The minimum absolute atomic E-state index is 0.0342. The van der Waals surface area contributed by atoms with Gasteiger partial charge in [0.1, 0.15) is 12.2 Å². The molecule has 1 aliphatic rings. The molecule has 82 valence electrons. The quantitative estimate of drug-likeness (QED) is 0.543. The van der Waals surface area contributed by atoms with E-state index in [0.29, 0.717) is 0 Å². The van der Waals surface area contributed by atoms with Crippen molar-refractivity contribution >= 4 is 5.97 Å². The van der Waals surface area contributed by atoms with Gasteiger partial charge >= 0.3 is 5.97 Å². The van der Waals surface area contributed by atoms with Gasteiger partial charge in [-0.15, -0.1) is 0 Å². The van der Waals surface area contributed by atoms with Gasteiger partial charge in [0.05, 0.1) is 6.61 Å². The summed E-state index contributed by atoms with van der Waals surface area (Å²) in [6.07, 6.45) is -4.07. The van der Waals surface area contributed by atoms with Crippen LogP contribution in [0.3, 0.4) is 0 Å². The summed E-state index contributed by atoms with van der Waals surface area (Å²) >= 11 is 0. The maximum absolute atomic E-state index is 10.7. The van der Waals surface area contributed by atoms with Crippen molar-refractivity contribution in [2.45, 2.75) is 31.5 Å². The summed E-state index contributed by atoms with van der Waals surface area (Å²) < 4.78 is 14.5. The van der Waals surface area contributed by atoms with Crippen LogP contribution in [-0.2, 0) is 19.0 Å². The highest BCUT2D eigenvalue weighted by molar-refractivity contribution is 5.66. The van der Waals surface area contributed by atoms with E-state index in [-0.39, 0.29) is 6.61 Å². The number of esters is 1. The molecule has 0 radical (unpaired) electrons. The van der Waals surface area contributed by atoms with Gasteiger partial charge in [0, 0.05) is 14.0 Å². The third-order valence-corrected chi connectivity index (χ3v) is 1.96. The molecule has 1 saturated heterocycles. The molecule has 0 aromatic heterocycles. The van der Waals surface area contributed by atoms with E-state index in [1.807, 2.05) is 0 Å².